The van der Waals surface area contributed by atoms with Crippen LogP contribution in [0.2, 0.25) is 0 Å². The molecular formula is C43H46N6O4. The maximum absolute atomic E-state index is 13.1. The Labute approximate surface area is 310 Å². The van der Waals surface area contributed by atoms with Crippen molar-refractivity contribution in [2.45, 2.75) is 90.1 Å². The molecule has 53 heavy (non-hydrogen) atoms. The number of piperidine rings is 1. The minimum Gasteiger partial charge on any atom is -0.385 e. The van der Waals surface area contributed by atoms with E-state index in [0.717, 1.165) is 96.7 Å². The average molecular weight is 711 g/mol. The normalized spacial score (nSPS) is 21.9. The van der Waals surface area contributed by atoms with E-state index >= 15 is 0 Å². The van der Waals surface area contributed by atoms with Crippen molar-refractivity contribution in [3.63, 3.8) is 0 Å². The topological polar surface area (TPSA) is 132 Å². The summed E-state index contributed by atoms with van der Waals surface area (Å²) in [5.74, 6) is 1.06. The highest BCUT2D eigenvalue weighted by atomic mass is 16.5. The standard InChI is InChI=1S/C43H46N6O4/c1-26-4-9-31(40-27(2)47-53-28(40)3)21-38(26)48(35-13-10-33(11-14-35)43(25-44)18-19-43)23-30-7-5-29(6-8-30)22-45-34-12-15-36-32(20-34)24-49(42(36)52)37-16-17-39(50)46-41(37)51/h4,9-15,20-21,29-30,37,45H,5-8,16-19,22-24H2,1-3H3,(H,46,50,51)/t29-,30-,37?. The smallest absolute Gasteiger partial charge is 0.255 e. The number of nitrogens with zero attached hydrogens (tertiary/aromatic N) is 4. The summed E-state index contributed by atoms with van der Waals surface area (Å²) in [6, 6.07) is 23.1. The largest absolute Gasteiger partial charge is 0.385 e. The molecule has 0 spiro atoms. The Morgan fingerprint density at radius 2 is 1.72 bits per heavy atom. The molecule has 4 aromatic rings. The van der Waals surface area contributed by atoms with Gasteiger partial charge in [-0.3, -0.25) is 19.7 Å². The van der Waals surface area contributed by atoms with Crippen molar-refractivity contribution in [2.24, 2.45) is 11.8 Å². The SMILES string of the molecule is Cc1ccc(-c2c(C)noc2C)cc1N(C[C@H]1CC[C@H](CNc2ccc3c(c2)CN(C2CCC(=O)NC2=O)C3=O)CC1)c1ccc(C2(C#N)CC2)cc1. The van der Waals surface area contributed by atoms with Gasteiger partial charge in [-0.1, -0.05) is 29.4 Å². The molecule has 10 heteroatoms. The molecule has 3 aromatic carbocycles. The Morgan fingerprint density at radius 3 is 2.40 bits per heavy atom. The lowest BCUT2D eigenvalue weighted by Gasteiger charge is -2.35. The van der Waals surface area contributed by atoms with E-state index < -0.39 is 6.04 Å². The molecule has 1 aromatic heterocycles. The van der Waals surface area contributed by atoms with Gasteiger partial charge in [-0.25, -0.2) is 0 Å². The lowest BCUT2D eigenvalue weighted by atomic mass is 9.81. The molecule has 0 bridgehead atoms. The molecular weight excluding hydrogens is 665 g/mol. The highest BCUT2D eigenvalue weighted by Crippen LogP contribution is 2.48. The molecule has 8 rings (SSSR count). The van der Waals surface area contributed by atoms with Gasteiger partial charge in [0.05, 0.1) is 17.2 Å². The molecule has 1 unspecified atom stereocenters. The number of carbonyl (C=O) groups is 3. The molecule has 2 aliphatic carbocycles. The van der Waals surface area contributed by atoms with E-state index in [1.807, 2.05) is 32.0 Å². The zero-order valence-electron chi connectivity index (χ0n) is 30.7. The Bertz CT molecular complexity index is 2100. The summed E-state index contributed by atoms with van der Waals surface area (Å²) in [4.78, 5) is 41.3. The predicted octanol–water partition coefficient (Wildman–Crippen LogP) is 7.64. The van der Waals surface area contributed by atoms with Crippen molar-refractivity contribution < 1.29 is 18.9 Å². The number of fused-ring (bicyclic) bond motifs is 1. The third-order valence-corrected chi connectivity index (χ3v) is 12.0. The second kappa shape index (κ2) is 13.8. The van der Waals surface area contributed by atoms with E-state index in [9.17, 15) is 19.6 Å². The van der Waals surface area contributed by atoms with E-state index in [4.69, 9.17) is 4.52 Å². The van der Waals surface area contributed by atoms with E-state index in [1.165, 1.54) is 11.3 Å². The maximum Gasteiger partial charge on any atom is 0.255 e. The maximum atomic E-state index is 13.1. The molecule has 2 aliphatic heterocycles. The molecule has 0 radical (unpaired) electrons. The van der Waals surface area contributed by atoms with Crippen LogP contribution in [0.1, 0.15) is 89.9 Å². The number of hydrogen-bond acceptors (Lipinski definition) is 8. The van der Waals surface area contributed by atoms with Gasteiger partial charge in [0.25, 0.3) is 5.91 Å². The lowest BCUT2D eigenvalue weighted by Crippen LogP contribution is -2.52. The number of imide groups is 1. The number of nitrogens with one attached hydrogen (secondary N) is 2. The van der Waals surface area contributed by atoms with Gasteiger partial charge in [-0.05, 0) is 136 Å². The van der Waals surface area contributed by atoms with Gasteiger partial charge >= 0.3 is 0 Å². The molecule has 4 aliphatic rings. The Morgan fingerprint density at radius 1 is 0.962 bits per heavy atom. The Kier molecular flexibility index (Phi) is 9.05. The van der Waals surface area contributed by atoms with Crippen LogP contribution in [0.5, 0.6) is 0 Å². The van der Waals surface area contributed by atoms with Gasteiger partial charge in [0.15, 0.2) is 0 Å². The number of hydrogen-bond donors (Lipinski definition) is 2. The number of nitriles is 1. The van der Waals surface area contributed by atoms with E-state index in [2.05, 4.69) is 76.1 Å². The van der Waals surface area contributed by atoms with Gasteiger partial charge in [0.1, 0.15) is 11.8 Å². The summed E-state index contributed by atoms with van der Waals surface area (Å²) >= 11 is 0. The number of benzene rings is 3. The fraction of sp³-hybridized carbons (Fsp3) is 0.419. The van der Waals surface area contributed by atoms with Crippen molar-refractivity contribution >= 4 is 34.8 Å². The van der Waals surface area contributed by atoms with Crippen molar-refractivity contribution in [1.29, 1.82) is 5.26 Å². The molecule has 10 nitrogen and oxygen atoms in total. The van der Waals surface area contributed by atoms with Gasteiger partial charge in [-0.2, -0.15) is 5.26 Å². The van der Waals surface area contributed by atoms with Gasteiger partial charge in [0.2, 0.25) is 11.8 Å². The quantitative estimate of drug-likeness (QED) is 0.161. The number of carbonyl (C=O) groups excluding carboxylic acids is 3. The van der Waals surface area contributed by atoms with E-state index in [-0.39, 0.29) is 29.6 Å². The number of aromatic nitrogens is 1. The summed E-state index contributed by atoms with van der Waals surface area (Å²) in [7, 11) is 0. The zero-order chi connectivity index (χ0) is 36.9. The lowest BCUT2D eigenvalue weighted by molar-refractivity contribution is -0.136. The molecule has 3 amide bonds. The Balaban J connectivity index is 0.937. The van der Waals surface area contributed by atoms with Crippen LogP contribution in [0, 0.1) is 43.9 Å². The summed E-state index contributed by atoms with van der Waals surface area (Å²) in [6.45, 7) is 8.26. The van der Waals surface area contributed by atoms with Crippen molar-refractivity contribution in [3.8, 4) is 17.2 Å². The highest BCUT2D eigenvalue weighted by Gasteiger charge is 2.45. The van der Waals surface area contributed by atoms with Crippen LogP contribution in [0.25, 0.3) is 11.1 Å². The number of anilines is 3. The van der Waals surface area contributed by atoms with Gasteiger partial charge in [0, 0.05) is 54.2 Å². The average Bonchev–Trinajstić information content (AvgIpc) is 3.81. The second-order valence-electron chi connectivity index (χ2n) is 15.6. The number of rotatable bonds is 10. The van der Waals surface area contributed by atoms with E-state index in [0.29, 0.717) is 30.4 Å². The first kappa shape index (κ1) is 34.6. The summed E-state index contributed by atoms with van der Waals surface area (Å²) < 4.78 is 5.53. The van der Waals surface area contributed by atoms with Crippen LogP contribution >= 0.6 is 0 Å². The molecule has 272 valence electrons. The molecule has 2 saturated carbocycles. The van der Waals surface area contributed by atoms with Gasteiger partial charge in [-0.15, -0.1) is 0 Å². The van der Waals surface area contributed by atoms with Crippen molar-refractivity contribution in [1.82, 2.24) is 15.4 Å². The first-order valence-corrected chi connectivity index (χ1v) is 19.0. The summed E-state index contributed by atoms with van der Waals surface area (Å²) in [5.41, 5.74) is 9.85. The molecule has 1 atom stereocenters. The molecule has 3 fully saturated rings. The zero-order valence-corrected chi connectivity index (χ0v) is 30.7. The monoisotopic (exact) mass is 710 g/mol. The van der Waals surface area contributed by atoms with Gasteiger partial charge < -0.3 is 19.6 Å². The third kappa shape index (κ3) is 6.69. The van der Waals surface area contributed by atoms with Crippen LogP contribution < -0.4 is 15.5 Å². The minimum absolute atomic E-state index is 0.149. The molecule has 3 heterocycles. The first-order valence-electron chi connectivity index (χ1n) is 19.0. The van der Waals surface area contributed by atoms with Crippen LogP contribution in [0.4, 0.5) is 17.1 Å². The summed E-state index contributed by atoms with van der Waals surface area (Å²) in [5, 5.41) is 20.0. The van der Waals surface area contributed by atoms with Crippen LogP contribution in [0.15, 0.2) is 65.2 Å². The summed E-state index contributed by atoms with van der Waals surface area (Å²) in [6.07, 6.45) is 6.97. The predicted molar refractivity (Wildman–Crippen MR) is 203 cm³/mol. The Hall–Kier alpha value is -5.43. The number of aryl methyl sites for hydroxylation is 3. The highest BCUT2D eigenvalue weighted by molar-refractivity contribution is 6.05. The third-order valence-electron chi connectivity index (χ3n) is 12.0. The minimum atomic E-state index is -0.608. The molecule has 2 N–H and O–H groups in total. The second-order valence-corrected chi connectivity index (χ2v) is 15.6. The van der Waals surface area contributed by atoms with Crippen molar-refractivity contribution in [2.75, 3.05) is 23.3 Å². The first-order chi connectivity index (χ1) is 25.6. The number of amides is 3. The van der Waals surface area contributed by atoms with E-state index in [1.54, 1.807) is 4.90 Å². The van der Waals surface area contributed by atoms with Crippen LogP contribution in [-0.2, 0) is 21.5 Å². The fourth-order valence-electron chi connectivity index (χ4n) is 8.67. The fourth-order valence-corrected chi connectivity index (χ4v) is 8.67. The molecule has 1 saturated heterocycles. The van der Waals surface area contributed by atoms with Crippen LogP contribution in [0.3, 0.4) is 0 Å². The van der Waals surface area contributed by atoms with Crippen LogP contribution in [-0.4, -0.2) is 46.9 Å². The van der Waals surface area contributed by atoms with Crippen molar-refractivity contribution in [3.05, 3.63) is 94.4 Å².